The highest BCUT2D eigenvalue weighted by atomic mass is 32.1. The van der Waals surface area contributed by atoms with Gasteiger partial charge in [-0.05, 0) is 31.0 Å². The fourth-order valence-corrected chi connectivity index (χ4v) is 3.82. The van der Waals surface area contributed by atoms with E-state index in [4.69, 9.17) is 9.15 Å². The highest BCUT2D eigenvalue weighted by molar-refractivity contribution is 7.16. The van der Waals surface area contributed by atoms with Gasteiger partial charge in [0.1, 0.15) is 22.9 Å². The van der Waals surface area contributed by atoms with Crippen LogP contribution in [0.3, 0.4) is 0 Å². The second kappa shape index (κ2) is 5.77. The van der Waals surface area contributed by atoms with Crippen molar-refractivity contribution >= 4 is 27.3 Å². The van der Waals surface area contributed by atoms with Gasteiger partial charge in [0, 0.05) is 29.5 Å². The molecule has 0 bridgehead atoms. The van der Waals surface area contributed by atoms with Crippen molar-refractivity contribution < 1.29 is 9.15 Å². The number of nitrogens with zero attached hydrogens (tertiary/aromatic N) is 3. The largest absolute Gasteiger partial charge is 0.487 e. The molecule has 130 valence electrons. The number of benzene rings is 1. The maximum Gasteiger partial charge on any atom is 0.336 e. The second-order valence-corrected chi connectivity index (χ2v) is 7.22. The summed E-state index contributed by atoms with van der Waals surface area (Å²) in [5.41, 5.74) is 0.373. The van der Waals surface area contributed by atoms with Gasteiger partial charge < -0.3 is 9.15 Å². The Balaban J connectivity index is 1.42. The van der Waals surface area contributed by atoms with Crippen molar-refractivity contribution in [3.05, 3.63) is 67.9 Å². The summed E-state index contributed by atoms with van der Waals surface area (Å²) in [6.45, 7) is 0.144. The molecule has 1 saturated carbocycles. The maximum atomic E-state index is 12.2. The first-order valence-electron chi connectivity index (χ1n) is 8.22. The van der Waals surface area contributed by atoms with Crippen LogP contribution in [-0.2, 0) is 6.61 Å². The third-order valence-electron chi connectivity index (χ3n) is 4.22. The van der Waals surface area contributed by atoms with Crippen LogP contribution in [0.5, 0.6) is 5.75 Å². The zero-order chi connectivity index (χ0) is 17.7. The molecule has 3 aromatic heterocycles. The van der Waals surface area contributed by atoms with E-state index in [1.807, 2.05) is 6.07 Å². The molecule has 0 unspecified atom stereocenters. The van der Waals surface area contributed by atoms with Gasteiger partial charge in [-0.1, -0.05) is 11.3 Å². The number of fused-ring (bicyclic) bond motifs is 2. The number of rotatable bonds is 4. The summed E-state index contributed by atoms with van der Waals surface area (Å²) in [7, 11) is 0. The normalized spacial score (nSPS) is 14.2. The summed E-state index contributed by atoms with van der Waals surface area (Å²) in [6, 6.07) is 9.75. The van der Waals surface area contributed by atoms with Crippen LogP contribution in [0.4, 0.5) is 0 Å². The molecule has 0 N–H and O–H groups in total. The van der Waals surface area contributed by atoms with Crippen molar-refractivity contribution in [2.45, 2.75) is 25.4 Å². The Morgan fingerprint density at radius 3 is 2.88 bits per heavy atom. The van der Waals surface area contributed by atoms with Crippen molar-refractivity contribution in [3.63, 3.8) is 0 Å². The molecule has 0 saturated heterocycles. The Kier molecular flexibility index (Phi) is 3.39. The Morgan fingerprint density at radius 1 is 1.19 bits per heavy atom. The third kappa shape index (κ3) is 2.78. The van der Waals surface area contributed by atoms with E-state index in [9.17, 15) is 9.59 Å². The van der Waals surface area contributed by atoms with Gasteiger partial charge in [-0.15, -0.1) is 0 Å². The summed E-state index contributed by atoms with van der Waals surface area (Å²) < 4.78 is 12.2. The fraction of sp³-hybridized carbons (Fsp3) is 0.222. The van der Waals surface area contributed by atoms with Crippen LogP contribution in [0.2, 0.25) is 0 Å². The molecular formula is C18H13N3O4S. The van der Waals surface area contributed by atoms with E-state index in [0.29, 0.717) is 27.9 Å². The van der Waals surface area contributed by atoms with Gasteiger partial charge in [0.05, 0.1) is 5.69 Å². The smallest absolute Gasteiger partial charge is 0.336 e. The summed E-state index contributed by atoms with van der Waals surface area (Å²) in [5, 5.41) is 6.14. The van der Waals surface area contributed by atoms with Crippen LogP contribution < -0.4 is 15.9 Å². The Hall–Kier alpha value is -3.00. The van der Waals surface area contributed by atoms with Crippen LogP contribution in [0.25, 0.3) is 15.9 Å². The van der Waals surface area contributed by atoms with Gasteiger partial charge in [-0.2, -0.15) is 9.61 Å². The molecule has 0 aliphatic heterocycles. The summed E-state index contributed by atoms with van der Waals surface area (Å²) in [4.78, 5) is 28.6. The lowest BCUT2D eigenvalue weighted by molar-refractivity contribution is 0.301. The lowest BCUT2D eigenvalue weighted by atomic mass is 10.2. The first-order chi connectivity index (χ1) is 12.7. The number of aromatic nitrogens is 3. The van der Waals surface area contributed by atoms with Gasteiger partial charge in [0.25, 0.3) is 5.56 Å². The van der Waals surface area contributed by atoms with Gasteiger partial charge in [-0.25, -0.2) is 9.78 Å². The average molecular weight is 367 g/mol. The molecule has 8 heteroatoms. The average Bonchev–Trinajstić information content (AvgIpc) is 3.39. The van der Waals surface area contributed by atoms with Gasteiger partial charge >= 0.3 is 5.63 Å². The highest BCUT2D eigenvalue weighted by Crippen LogP contribution is 2.41. The Morgan fingerprint density at radius 2 is 2.04 bits per heavy atom. The molecule has 1 aromatic carbocycles. The quantitative estimate of drug-likeness (QED) is 0.516. The summed E-state index contributed by atoms with van der Waals surface area (Å²) in [5.74, 6) is 1.02. The monoisotopic (exact) mass is 367 g/mol. The van der Waals surface area contributed by atoms with E-state index < -0.39 is 5.63 Å². The predicted octanol–water partition coefficient (Wildman–Crippen LogP) is 2.71. The van der Waals surface area contributed by atoms with Crippen LogP contribution in [0.15, 0.2) is 50.4 Å². The molecule has 1 fully saturated rings. The van der Waals surface area contributed by atoms with Crippen LogP contribution in [0.1, 0.15) is 29.5 Å². The molecule has 26 heavy (non-hydrogen) atoms. The van der Waals surface area contributed by atoms with Crippen LogP contribution in [0, 0.1) is 0 Å². The van der Waals surface area contributed by atoms with Crippen LogP contribution >= 0.6 is 11.3 Å². The Labute approximate surface area is 150 Å². The minimum atomic E-state index is -0.411. The van der Waals surface area contributed by atoms with E-state index in [1.165, 1.54) is 28.0 Å². The SMILES string of the molecule is O=c1ccc2ccc(OCc3cc(=O)n4nc(C5CC5)sc4n3)cc2o1. The molecular weight excluding hydrogens is 354 g/mol. The molecule has 4 aromatic rings. The van der Waals surface area contributed by atoms with Gasteiger partial charge in [-0.3, -0.25) is 4.79 Å². The van der Waals surface area contributed by atoms with Crippen molar-refractivity contribution in [3.8, 4) is 5.75 Å². The fourth-order valence-electron chi connectivity index (χ4n) is 2.73. The maximum absolute atomic E-state index is 12.2. The number of hydrogen-bond acceptors (Lipinski definition) is 7. The summed E-state index contributed by atoms with van der Waals surface area (Å²) in [6.07, 6.45) is 2.26. The van der Waals surface area contributed by atoms with Gasteiger partial charge in [0.2, 0.25) is 4.96 Å². The predicted molar refractivity (Wildman–Crippen MR) is 95.9 cm³/mol. The standard InChI is InChI=1S/C18H13N3O4S/c22-15-7-12(19-18-21(15)20-17(26-18)11-1-2-11)9-24-13-5-3-10-4-6-16(23)25-14(10)8-13/h3-8,11H,1-2,9H2. The first-order valence-corrected chi connectivity index (χ1v) is 9.04. The van der Waals surface area contributed by atoms with Crippen molar-refractivity contribution in [1.29, 1.82) is 0 Å². The van der Waals surface area contributed by atoms with E-state index in [1.54, 1.807) is 18.2 Å². The number of hydrogen-bond donors (Lipinski definition) is 0. The molecule has 0 radical (unpaired) electrons. The van der Waals surface area contributed by atoms with Crippen molar-refractivity contribution in [2.75, 3.05) is 0 Å². The molecule has 0 spiro atoms. The highest BCUT2D eigenvalue weighted by Gasteiger charge is 2.28. The van der Waals surface area contributed by atoms with Crippen molar-refractivity contribution in [1.82, 2.24) is 14.6 Å². The topological polar surface area (TPSA) is 86.7 Å². The molecule has 1 aliphatic rings. The first kappa shape index (κ1) is 15.3. The molecule has 0 amide bonds. The minimum Gasteiger partial charge on any atom is -0.487 e. The third-order valence-corrected chi connectivity index (χ3v) is 5.29. The zero-order valence-electron chi connectivity index (χ0n) is 13.5. The second-order valence-electron chi connectivity index (χ2n) is 6.24. The van der Waals surface area contributed by atoms with E-state index in [2.05, 4.69) is 10.1 Å². The minimum absolute atomic E-state index is 0.144. The lowest BCUT2D eigenvalue weighted by Gasteiger charge is -2.06. The van der Waals surface area contributed by atoms with E-state index in [0.717, 1.165) is 23.2 Å². The molecule has 7 nitrogen and oxygen atoms in total. The lowest BCUT2D eigenvalue weighted by Crippen LogP contribution is -2.16. The van der Waals surface area contributed by atoms with Gasteiger partial charge in [0.15, 0.2) is 0 Å². The Bertz CT molecular complexity index is 1250. The van der Waals surface area contributed by atoms with E-state index in [-0.39, 0.29) is 12.2 Å². The van der Waals surface area contributed by atoms with Crippen molar-refractivity contribution in [2.24, 2.45) is 0 Å². The zero-order valence-corrected chi connectivity index (χ0v) is 14.4. The summed E-state index contributed by atoms with van der Waals surface area (Å²) >= 11 is 1.46. The molecule has 0 atom stereocenters. The molecule has 3 heterocycles. The molecule has 1 aliphatic carbocycles. The van der Waals surface area contributed by atoms with Crippen LogP contribution in [-0.4, -0.2) is 14.6 Å². The van der Waals surface area contributed by atoms with E-state index >= 15 is 0 Å². The number of ether oxygens (including phenoxy) is 1. The molecule has 5 rings (SSSR count).